The van der Waals surface area contributed by atoms with E-state index in [1.54, 1.807) is 12.3 Å². The molecule has 0 unspecified atom stereocenters. The maximum absolute atomic E-state index is 13.6. The second-order valence-electron chi connectivity index (χ2n) is 10.7. The van der Waals surface area contributed by atoms with Gasteiger partial charge in [-0.1, -0.05) is 70.2 Å². The Morgan fingerprint density at radius 3 is 2.36 bits per heavy atom. The molecule has 182 valence electrons. The van der Waals surface area contributed by atoms with Gasteiger partial charge in [0, 0.05) is 17.3 Å². The summed E-state index contributed by atoms with van der Waals surface area (Å²) in [6, 6.07) is 19.9. The van der Waals surface area contributed by atoms with E-state index in [0.717, 1.165) is 55.3 Å². The summed E-state index contributed by atoms with van der Waals surface area (Å²) >= 11 is 0. The molecule has 1 aliphatic rings. The Morgan fingerprint density at radius 1 is 0.861 bits per heavy atom. The number of rotatable bonds is 3. The van der Waals surface area contributed by atoms with Gasteiger partial charge in [-0.15, -0.1) is 0 Å². The largest absolute Gasteiger partial charge is 0.456 e. The Hall–Kier alpha value is -3.60. The molecule has 0 aliphatic carbocycles. The minimum atomic E-state index is -4.28. The fraction of sp³-hybridized carbons (Fsp3) is 0.258. The summed E-state index contributed by atoms with van der Waals surface area (Å²) in [6.45, 7) is 6.83. The SMILES string of the molecule is CC(C)c1c2c(cc3ccccc13)-c1nccc3c1c(cc1ccc(CC(C)(C)C(F)(F)F)cc13)O2. The number of benzene rings is 4. The minimum Gasteiger partial charge on any atom is -0.456 e. The smallest absolute Gasteiger partial charge is 0.394 e. The summed E-state index contributed by atoms with van der Waals surface area (Å²) in [4.78, 5) is 4.78. The average Bonchev–Trinajstić information content (AvgIpc) is 2.82. The molecule has 6 rings (SSSR count). The lowest BCUT2D eigenvalue weighted by molar-refractivity contribution is -0.211. The lowest BCUT2D eigenvalue weighted by atomic mass is 9.84. The molecule has 4 aromatic carbocycles. The quantitative estimate of drug-likeness (QED) is 0.233. The van der Waals surface area contributed by atoms with Crippen LogP contribution in [-0.2, 0) is 6.42 Å². The Kier molecular flexibility index (Phi) is 4.88. The third kappa shape index (κ3) is 3.36. The van der Waals surface area contributed by atoms with Crippen molar-refractivity contribution in [2.45, 2.75) is 46.2 Å². The summed E-state index contributed by atoms with van der Waals surface area (Å²) in [6.07, 6.45) is -2.58. The van der Waals surface area contributed by atoms with Gasteiger partial charge in [0.25, 0.3) is 0 Å². The second-order valence-corrected chi connectivity index (χ2v) is 10.7. The first-order chi connectivity index (χ1) is 17.0. The highest BCUT2D eigenvalue weighted by Gasteiger charge is 2.47. The van der Waals surface area contributed by atoms with Gasteiger partial charge in [-0.05, 0) is 63.0 Å². The van der Waals surface area contributed by atoms with Crippen molar-refractivity contribution in [2.75, 3.05) is 0 Å². The monoisotopic (exact) mass is 485 g/mol. The first-order valence-electron chi connectivity index (χ1n) is 12.2. The van der Waals surface area contributed by atoms with Crippen LogP contribution in [0, 0.1) is 5.41 Å². The van der Waals surface area contributed by atoms with Gasteiger partial charge in [-0.25, -0.2) is 0 Å². The molecule has 0 spiro atoms. The van der Waals surface area contributed by atoms with Crippen molar-refractivity contribution >= 4 is 32.3 Å². The highest BCUT2D eigenvalue weighted by molar-refractivity contribution is 6.16. The molecule has 0 bridgehead atoms. The third-order valence-electron chi connectivity index (χ3n) is 7.39. The molecule has 0 saturated heterocycles. The molecular weight excluding hydrogens is 459 g/mol. The van der Waals surface area contributed by atoms with Crippen LogP contribution in [0.2, 0.25) is 0 Å². The molecule has 36 heavy (non-hydrogen) atoms. The van der Waals surface area contributed by atoms with Crippen LogP contribution in [0.3, 0.4) is 0 Å². The van der Waals surface area contributed by atoms with E-state index < -0.39 is 11.6 Å². The van der Waals surface area contributed by atoms with Crippen LogP contribution in [0.15, 0.2) is 66.9 Å². The zero-order valence-electron chi connectivity index (χ0n) is 20.6. The van der Waals surface area contributed by atoms with E-state index >= 15 is 0 Å². The van der Waals surface area contributed by atoms with Gasteiger partial charge in [-0.3, -0.25) is 4.98 Å². The van der Waals surface area contributed by atoms with Crippen molar-refractivity contribution in [1.82, 2.24) is 4.98 Å². The van der Waals surface area contributed by atoms with E-state index in [4.69, 9.17) is 9.72 Å². The molecule has 5 heteroatoms. The van der Waals surface area contributed by atoms with Gasteiger partial charge in [0.1, 0.15) is 11.5 Å². The van der Waals surface area contributed by atoms with Crippen molar-refractivity contribution in [3.8, 4) is 22.8 Å². The van der Waals surface area contributed by atoms with E-state index in [2.05, 4.69) is 32.0 Å². The predicted octanol–water partition coefficient (Wildman–Crippen LogP) is 9.57. The highest BCUT2D eigenvalue weighted by atomic mass is 19.4. The van der Waals surface area contributed by atoms with Gasteiger partial charge in [0.05, 0.1) is 16.5 Å². The highest BCUT2D eigenvalue weighted by Crippen LogP contribution is 2.52. The summed E-state index contributed by atoms with van der Waals surface area (Å²) in [5.41, 5.74) is 1.79. The molecule has 0 amide bonds. The summed E-state index contributed by atoms with van der Waals surface area (Å²) in [5.74, 6) is 1.80. The zero-order chi connectivity index (χ0) is 25.4. The zero-order valence-corrected chi connectivity index (χ0v) is 20.6. The van der Waals surface area contributed by atoms with Crippen molar-refractivity contribution in [1.29, 1.82) is 0 Å². The average molecular weight is 486 g/mol. The summed E-state index contributed by atoms with van der Waals surface area (Å²) in [5, 5.41) is 5.96. The van der Waals surface area contributed by atoms with Crippen molar-refractivity contribution in [3.63, 3.8) is 0 Å². The number of hydrogen-bond acceptors (Lipinski definition) is 2. The maximum Gasteiger partial charge on any atom is 0.394 e. The summed E-state index contributed by atoms with van der Waals surface area (Å²) in [7, 11) is 0. The molecule has 5 aromatic rings. The number of nitrogens with zero attached hydrogens (tertiary/aromatic N) is 1. The fourth-order valence-corrected chi connectivity index (χ4v) is 5.44. The van der Waals surface area contributed by atoms with Gasteiger partial charge < -0.3 is 4.74 Å². The number of alkyl halides is 3. The molecule has 0 N–H and O–H groups in total. The van der Waals surface area contributed by atoms with Crippen LogP contribution in [0.25, 0.3) is 43.6 Å². The minimum absolute atomic E-state index is 0.0866. The van der Waals surface area contributed by atoms with Crippen LogP contribution < -0.4 is 4.74 Å². The lowest BCUT2D eigenvalue weighted by Gasteiger charge is -2.28. The van der Waals surface area contributed by atoms with Crippen molar-refractivity contribution < 1.29 is 17.9 Å². The molecule has 0 fully saturated rings. The molecule has 0 atom stereocenters. The van der Waals surface area contributed by atoms with Gasteiger partial charge in [-0.2, -0.15) is 13.2 Å². The predicted molar refractivity (Wildman–Crippen MR) is 140 cm³/mol. The molecule has 0 radical (unpaired) electrons. The second kappa shape index (κ2) is 7.70. The van der Waals surface area contributed by atoms with E-state index in [0.29, 0.717) is 5.56 Å². The van der Waals surface area contributed by atoms with E-state index in [9.17, 15) is 13.2 Å². The van der Waals surface area contributed by atoms with Gasteiger partial charge in [0.2, 0.25) is 0 Å². The van der Waals surface area contributed by atoms with Crippen LogP contribution in [0.5, 0.6) is 11.5 Å². The molecule has 0 saturated carbocycles. The normalized spacial score (nSPS) is 13.4. The van der Waals surface area contributed by atoms with Crippen LogP contribution in [0.4, 0.5) is 13.2 Å². The molecule has 2 heterocycles. The maximum atomic E-state index is 13.6. The number of fused-ring (bicyclic) bond motifs is 5. The van der Waals surface area contributed by atoms with Crippen LogP contribution in [-0.4, -0.2) is 11.2 Å². The Labute approximate surface area is 207 Å². The molecule has 2 nitrogen and oxygen atoms in total. The first kappa shape index (κ1) is 22.8. The first-order valence-corrected chi connectivity index (χ1v) is 12.2. The van der Waals surface area contributed by atoms with Crippen LogP contribution >= 0.6 is 0 Å². The van der Waals surface area contributed by atoms with E-state index in [1.807, 2.05) is 36.4 Å². The number of ether oxygens (including phenoxy) is 1. The van der Waals surface area contributed by atoms with Crippen LogP contribution in [0.1, 0.15) is 44.7 Å². The molecule has 1 aromatic heterocycles. The number of hydrogen-bond donors (Lipinski definition) is 0. The van der Waals surface area contributed by atoms with Gasteiger partial charge in [0.15, 0.2) is 0 Å². The number of pyridine rings is 1. The van der Waals surface area contributed by atoms with E-state index in [1.165, 1.54) is 19.2 Å². The lowest BCUT2D eigenvalue weighted by Crippen LogP contribution is -2.34. The Bertz CT molecular complexity index is 1680. The fourth-order valence-electron chi connectivity index (χ4n) is 5.44. The number of aromatic nitrogens is 1. The Morgan fingerprint density at radius 2 is 1.61 bits per heavy atom. The number of halogens is 3. The topological polar surface area (TPSA) is 22.1 Å². The molecular formula is C31H26F3NO. The molecule has 1 aliphatic heterocycles. The van der Waals surface area contributed by atoms with Crippen molar-refractivity contribution in [3.05, 3.63) is 78.0 Å². The third-order valence-corrected chi connectivity index (χ3v) is 7.39. The Balaban J connectivity index is 1.61. The van der Waals surface area contributed by atoms with Gasteiger partial charge >= 0.3 is 6.18 Å². The van der Waals surface area contributed by atoms with E-state index in [-0.39, 0.29) is 12.3 Å². The summed E-state index contributed by atoms with van der Waals surface area (Å²) < 4.78 is 47.3. The van der Waals surface area contributed by atoms with Crippen molar-refractivity contribution in [2.24, 2.45) is 5.41 Å². The standard InChI is InChI=1S/C31H26F3NO/c1-17(2)26-21-8-6-5-7-19(21)14-24-28-27-22(11-12-35-28)23-13-18(16-30(3,4)31(32,33)34)9-10-20(23)15-25(27)36-29(24)26/h5-15,17H,16H2,1-4H3.